The molecule has 2 heterocycles. The lowest BCUT2D eigenvalue weighted by Crippen LogP contribution is -3.08. The Bertz CT molecular complexity index is 948. The zero-order valence-electron chi connectivity index (χ0n) is 16.5. The molecule has 3 aromatic rings. The van der Waals surface area contributed by atoms with Crippen LogP contribution in [0.15, 0.2) is 53.7 Å². The van der Waals surface area contributed by atoms with Gasteiger partial charge >= 0.3 is 0 Å². The predicted octanol–water partition coefficient (Wildman–Crippen LogP) is 1.88. The van der Waals surface area contributed by atoms with Crippen LogP contribution in [0.3, 0.4) is 0 Å². The van der Waals surface area contributed by atoms with Gasteiger partial charge in [0.25, 0.3) is 0 Å². The Labute approximate surface area is 174 Å². The van der Waals surface area contributed by atoms with Crippen LogP contribution in [0.2, 0.25) is 0 Å². The number of hydrogen-bond acceptors (Lipinski definition) is 5. The van der Waals surface area contributed by atoms with Gasteiger partial charge in [0, 0.05) is 24.1 Å². The van der Waals surface area contributed by atoms with E-state index in [1.807, 2.05) is 43.3 Å². The summed E-state index contributed by atoms with van der Waals surface area (Å²) in [4.78, 5) is 14.0. The molecule has 0 unspecified atom stereocenters. The lowest BCUT2D eigenvalue weighted by atomic mass is 10.2. The molecule has 0 bridgehead atoms. The molecule has 29 heavy (non-hydrogen) atoms. The van der Waals surface area contributed by atoms with E-state index >= 15 is 0 Å². The van der Waals surface area contributed by atoms with E-state index in [0.717, 1.165) is 17.9 Å². The normalized spacial score (nSPS) is 14.2. The fourth-order valence-electron chi connectivity index (χ4n) is 3.49. The molecular formula is C21H25N6OS+. The quantitative estimate of drug-likeness (QED) is 0.583. The monoisotopic (exact) mass is 409 g/mol. The highest BCUT2D eigenvalue weighted by molar-refractivity contribution is 7.99. The van der Waals surface area contributed by atoms with Crippen LogP contribution in [0.4, 0.5) is 5.69 Å². The molecule has 2 aromatic carbocycles. The molecule has 4 rings (SSSR count). The number of benzene rings is 2. The summed E-state index contributed by atoms with van der Waals surface area (Å²) in [6.45, 7) is 5.62. The molecule has 8 heteroatoms. The summed E-state index contributed by atoms with van der Waals surface area (Å²) in [5.74, 6) is 0.165. The second kappa shape index (κ2) is 9.19. The highest BCUT2D eigenvalue weighted by atomic mass is 32.2. The Morgan fingerprint density at radius 2 is 1.83 bits per heavy atom. The van der Waals surface area contributed by atoms with Gasteiger partial charge in [-0.3, -0.25) is 4.79 Å². The minimum atomic E-state index is -0.0774. The number of hydrogen-bond donors (Lipinski definition) is 2. The zero-order chi connectivity index (χ0) is 20.1. The number of aromatic nitrogens is 4. The van der Waals surface area contributed by atoms with E-state index in [-0.39, 0.29) is 11.7 Å². The zero-order valence-corrected chi connectivity index (χ0v) is 17.3. The third-order valence-corrected chi connectivity index (χ3v) is 5.97. The number of nitrogens with zero attached hydrogens (tertiary/aromatic N) is 4. The minimum Gasteiger partial charge on any atom is -0.331 e. The van der Waals surface area contributed by atoms with Crippen LogP contribution in [0, 0.1) is 6.92 Å². The van der Waals surface area contributed by atoms with Crippen molar-refractivity contribution in [3.8, 4) is 5.69 Å². The predicted molar refractivity (Wildman–Crippen MR) is 113 cm³/mol. The van der Waals surface area contributed by atoms with Crippen LogP contribution in [0.25, 0.3) is 5.69 Å². The van der Waals surface area contributed by atoms with Crippen LogP contribution in [0.1, 0.15) is 24.0 Å². The first kappa shape index (κ1) is 19.6. The first-order valence-corrected chi connectivity index (χ1v) is 10.9. The molecule has 1 fully saturated rings. The van der Waals surface area contributed by atoms with Gasteiger partial charge in [0.1, 0.15) is 6.54 Å². The van der Waals surface area contributed by atoms with Gasteiger partial charge in [-0.05, 0) is 41.6 Å². The van der Waals surface area contributed by atoms with Crippen molar-refractivity contribution in [2.75, 3.05) is 24.2 Å². The van der Waals surface area contributed by atoms with Gasteiger partial charge in [0.15, 0.2) is 0 Å². The Balaban J connectivity index is 1.30. The minimum absolute atomic E-state index is 0.0774. The number of anilines is 1. The molecule has 2 N–H and O–H groups in total. The average Bonchev–Trinajstić information content (AvgIpc) is 3.40. The fraction of sp³-hybridized carbons (Fsp3) is 0.333. The van der Waals surface area contributed by atoms with Crippen LogP contribution >= 0.6 is 11.8 Å². The molecule has 0 aliphatic carbocycles. The fourth-order valence-corrected chi connectivity index (χ4v) is 4.18. The van der Waals surface area contributed by atoms with Crippen molar-refractivity contribution in [3.05, 3.63) is 59.7 Å². The molecule has 0 saturated carbocycles. The topological polar surface area (TPSA) is 77.1 Å². The van der Waals surface area contributed by atoms with Crippen molar-refractivity contribution >= 4 is 23.4 Å². The van der Waals surface area contributed by atoms with E-state index in [1.54, 1.807) is 9.58 Å². The van der Waals surface area contributed by atoms with E-state index in [9.17, 15) is 4.79 Å². The standard InChI is InChI=1S/C21H24N6OS/c1-16-4-10-19(11-5-16)27-21(23-24-25-27)29-15-20(28)22-18-8-6-17(7-9-18)14-26-12-2-3-13-26/h4-11H,2-3,12-15H2,1H3,(H,22,28)/p+1. The van der Waals surface area contributed by atoms with Crippen LogP contribution in [-0.4, -0.2) is 45.0 Å². The summed E-state index contributed by atoms with van der Waals surface area (Å²) in [5, 5.41) is 15.3. The third kappa shape index (κ3) is 5.21. The number of rotatable bonds is 7. The maximum absolute atomic E-state index is 12.3. The van der Waals surface area contributed by atoms with E-state index in [0.29, 0.717) is 5.16 Å². The summed E-state index contributed by atoms with van der Waals surface area (Å²) in [6, 6.07) is 16.1. The molecular weight excluding hydrogens is 384 g/mol. The number of nitrogens with one attached hydrogen (secondary N) is 2. The maximum atomic E-state index is 12.3. The molecule has 1 saturated heterocycles. The number of tetrazole rings is 1. The molecule has 0 spiro atoms. The van der Waals surface area contributed by atoms with Crippen molar-refractivity contribution < 1.29 is 9.69 Å². The van der Waals surface area contributed by atoms with Crippen molar-refractivity contribution in [1.82, 2.24) is 20.2 Å². The maximum Gasteiger partial charge on any atom is 0.234 e. The Hall–Kier alpha value is -2.71. The van der Waals surface area contributed by atoms with E-state index in [2.05, 4.69) is 33.0 Å². The number of carbonyl (C=O) groups is 1. The molecule has 150 valence electrons. The highest BCUT2D eigenvalue weighted by Crippen LogP contribution is 2.19. The number of carbonyl (C=O) groups excluding carboxylic acids is 1. The average molecular weight is 410 g/mol. The van der Waals surface area contributed by atoms with Gasteiger partial charge in [0.2, 0.25) is 11.1 Å². The molecule has 1 aromatic heterocycles. The lowest BCUT2D eigenvalue weighted by Gasteiger charge is -2.12. The number of aryl methyl sites for hydroxylation is 1. The first-order valence-electron chi connectivity index (χ1n) is 9.88. The second-order valence-corrected chi connectivity index (χ2v) is 8.32. The largest absolute Gasteiger partial charge is 0.331 e. The van der Waals surface area contributed by atoms with Crippen LogP contribution in [-0.2, 0) is 11.3 Å². The number of amides is 1. The molecule has 0 atom stereocenters. The van der Waals surface area contributed by atoms with Gasteiger partial charge in [-0.25, -0.2) is 0 Å². The first-order chi connectivity index (χ1) is 14.2. The van der Waals surface area contributed by atoms with Gasteiger partial charge in [0.05, 0.1) is 24.5 Å². The van der Waals surface area contributed by atoms with Gasteiger partial charge in [-0.15, -0.1) is 5.10 Å². The Kier molecular flexibility index (Phi) is 6.21. The van der Waals surface area contributed by atoms with Crippen LogP contribution < -0.4 is 10.2 Å². The Morgan fingerprint density at radius 3 is 2.55 bits per heavy atom. The van der Waals surface area contributed by atoms with E-state index in [4.69, 9.17) is 0 Å². The molecule has 7 nitrogen and oxygen atoms in total. The summed E-state index contributed by atoms with van der Waals surface area (Å²) in [5.41, 5.74) is 4.17. The van der Waals surface area contributed by atoms with Crippen molar-refractivity contribution in [3.63, 3.8) is 0 Å². The van der Waals surface area contributed by atoms with E-state index < -0.39 is 0 Å². The third-order valence-electron chi connectivity index (χ3n) is 5.05. The summed E-state index contributed by atoms with van der Waals surface area (Å²) >= 11 is 1.32. The SMILES string of the molecule is Cc1ccc(-n2nnnc2SCC(=O)Nc2ccc(C[NH+]3CCCC3)cc2)cc1. The van der Waals surface area contributed by atoms with Crippen molar-refractivity contribution in [1.29, 1.82) is 0 Å². The molecule has 1 aliphatic heterocycles. The molecule has 1 aliphatic rings. The lowest BCUT2D eigenvalue weighted by molar-refractivity contribution is -0.901. The summed E-state index contributed by atoms with van der Waals surface area (Å²) in [7, 11) is 0. The van der Waals surface area contributed by atoms with Crippen LogP contribution in [0.5, 0.6) is 0 Å². The second-order valence-electron chi connectivity index (χ2n) is 7.38. The van der Waals surface area contributed by atoms with Gasteiger partial charge < -0.3 is 10.2 Å². The van der Waals surface area contributed by atoms with Crippen molar-refractivity contribution in [2.45, 2.75) is 31.5 Å². The smallest absolute Gasteiger partial charge is 0.234 e. The van der Waals surface area contributed by atoms with Crippen molar-refractivity contribution in [2.24, 2.45) is 0 Å². The molecule has 0 radical (unpaired) electrons. The van der Waals surface area contributed by atoms with Gasteiger partial charge in [-0.1, -0.05) is 41.6 Å². The molecule has 1 amide bonds. The number of thioether (sulfide) groups is 1. The number of quaternary nitrogens is 1. The number of likely N-dealkylation sites (tertiary alicyclic amines) is 1. The summed E-state index contributed by atoms with van der Waals surface area (Å²) < 4.78 is 1.65. The van der Waals surface area contributed by atoms with Gasteiger partial charge in [-0.2, -0.15) is 4.68 Å². The Morgan fingerprint density at radius 1 is 1.10 bits per heavy atom. The highest BCUT2D eigenvalue weighted by Gasteiger charge is 2.15. The van der Waals surface area contributed by atoms with E-state index in [1.165, 1.54) is 48.8 Å². The summed E-state index contributed by atoms with van der Waals surface area (Å²) in [6.07, 6.45) is 2.66.